The number of phenolic OH excluding ortho intramolecular Hbond substituents is 2. The Morgan fingerprint density at radius 1 is 1.09 bits per heavy atom. The van der Waals surface area contributed by atoms with Crippen molar-refractivity contribution in [3.63, 3.8) is 0 Å². The van der Waals surface area contributed by atoms with Gasteiger partial charge in [0.15, 0.2) is 11.5 Å². The summed E-state index contributed by atoms with van der Waals surface area (Å²) in [7, 11) is 0. The minimum absolute atomic E-state index is 0.0507. The molecule has 120 valence electrons. The Labute approximate surface area is 135 Å². The van der Waals surface area contributed by atoms with E-state index in [1.807, 2.05) is 30.3 Å². The highest BCUT2D eigenvalue weighted by Crippen LogP contribution is 2.25. The number of phenols is 2. The van der Waals surface area contributed by atoms with Crippen molar-refractivity contribution in [2.45, 2.75) is 12.8 Å². The Balaban J connectivity index is 1.82. The molecule has 0 atom stereocenters. The van der Waals surface area contributed by atoms with Gasteiger partial charge in [0, 0.05) is 6.54 Å². The number of aromatic hydroxyl groups is 2. The van der Waals surface area contributed by atoms with Gasteiger partial charge in [-0.05, 0) is 42.2 Å². The van der Waals surface area contributed by atoms with E-state index in [9.17, 15) is 15.0 Å². The van der Waals surface area contributed by atoms with Crippen LogP contribution in [0.2, 0.25) is 0 Å². The van der Waals surface area contributed by atoms with Crippen molar-refractivity contribution in [3.05, 3.63) is 65.4 Å². The van der Waals surface area contributed by atoms with Crippen molar-refractivity contribution in [3.8, 4) is 11.5 Å². The molecule has 0 fully saturated rings. The quantitative estimate of drug-likeness (QED) is 0.373. The van der Waals surface area contributed by atoms with Crippen LogP contribution in [0, 0.1) is 0 Å². The average molecular weight is 312 g/mol. The average Bonchev–Trinajstić information content (AvgIpc) is 2.55. The lowest BCUT2D eigenvalue weighted by Gasteiger charge is -2.06. The van der Waals surface area contributed by atoms with Gasteiger partial charge in [0.2, 0.25) is 0 Å². The van der Waals surface area contributed by atoms with Crippen LogP contribution in [0.3, 0.4) is 0 Å². The summed E-state index contributed by atoms with van der Waals surface area (Å²) in [6.07, 6.45) is 3.16. The summed E-state index contributed by atoms with van der Waals surface area (Å²) in [5.74, 6) is -0.827. The summed E-state index contributed by atoms with van der Waals surface area (Å²) in [5.41, 5.74) is 7.55. The first kappa shape index (κ1) is 16.4. The zero-order chi connectivity index (χ0) is 16.7. The molecule has 5 heteroatoms. The summed E-state index contributed by atoms with van der Waals surface area (Å²) >= 11 is 0. The zero-order valence-corrected chi connectivity index (χ0v) is 12.7. The lowest BCUT2D eigenvalue weighted by atomic mass is 10.1. The Hall–Kier alpha value is -2.95. The molecule has 2 rings (SSSR count). The molecule has 2 aromatic carbocycles. The summed E-state index contributed by atoms with van der Waals surface area (Å²) in [5, 5.41) is 21.4. The van der Waals surface area contributed by atoms with E-state index in [1.54, 1.807) is 6.07 Å². The number of aryl methyl sites for hydroxylation is 1. The third-order valence-corrected chi connectivity index (χ3v) is 3.35. The fraction of sp³-hybridized carbons (Fsp3) is 0.167. The monoisotopic (exact) mass is 312 g/mol. The minimum atomic E-state index is -0.356. The number of hydrogen-bond acceptors (Lipinski definition) is 4. The van der Waals surface area contributed by atoms with Crippen LogP contribution >= 0.6 is 0 Å². The lowest BCUT2D eigenvalue weighted by Crippen LogP contribution is -2.29. The Morgan fingerprint density at radius 3 is 2.52 bits per heavy atom. The number of carbonyl (C=O) groups excluding carboxylic acids is 1. The van der Waals surface area contributed by atoms with Crippen LogP contribution in [0.25, 0.3) is 6.08 Å². The third-order valence-electron chi connectivity index (χ3n) is 3.35. The second-order valence-corrected chi connectivity index (χ2v) is 5.19. The molecule has 0 bridgehead atoms. The summed E-state index contributed by atoms with van der Waals surface area (Å²) in [6, 6.07) is 14.3. The number of carbonyl (C=O) groups is 1. The number of nitrogens with two attached hydrogens (primary N) is 1. The highest BCUT2D eigenvalue weighted by atomic mass is 16.3. The smallest absolute Gasteiger partial charge is 0.267 e. The molecule has 5 N–H and O–H groups in total. The molecule has 1 amide bonds. The summed E-state index contributed by atoms with van der Waals surface area (Å²) in [4.78, 5) is 11.9. The molecule has 0 radical (unpaired) electrons. The van der Waals surface area contributed by atoms with Gasteiger partial charge in [0.25, 0.3) is 5.91 Å². The molecule has 23 heavy (non-hydrogen) atoms. The Kier molecular flexibility index (Phi) is 5.63. The topological polar surface area (TPSA) is 95.6 Å². The molecule has 0 heterocycles. The van der Waals surface area contributed by atoms with Crippen molar-refractivity contribution >= 4 is 12.0 Å². The van der Waals surface area contributed by atoms with Gasteiger partial charge in [0.1, 0.15) is 0 Å². The second kappa shape index (κ2) is 7.89. The second-order valence-electron chi connectivity index (χ2n) is 5.19. The largest absolute Gasteiger partial charge is 0.504 e. The Morgan fingerprint density at radius 2 is 1.83 bits per heavy atom. The van der Waals surface area contributed by atoms with Crippen LogP contribution in [0.4, 0.5) is 0 Å². The van der Waals surface area contributed by atoms with E-state index in [-0.39, 0.29) is 23.1 Å². The van der Waals surface area contributed by atoms with Crippen LogP contribution in [0.5, 0.6) is 11.5 Å². The molecule has 0 unspecified atom stereocenters. The highest BCUT2D eigenvalue weighted by molar-refractivity contribution is 5.96. The van der Waals surface area contributed by atoms with Gasteiger partial charge in [-0.2, -0.15) is 0 Å². The van der Waals surface area contributed by atoms with E-state index in [4.69, 9.17) is 5.73 Å². The standard InChI is InChI=1S/C18H20N2O3/c19-15(11-14-8-9-16(21)17(22)12-14)18(23)20-10-4-7-13-5-2-1-3-6-13/h1-3,5-6,8-9,11-12,21-22H,4,7,10,19H2,(H,20,23)/b15-11-. The van der Waals surface area contributed by atoms with E-state index in [2.05, 4.69) is 5.32 Å². The number of amides is 1. The van der Waals surface area contributed by atoms with Crippen molar-refractivity contribution < 1.29 is 15.0 Å². The van der Waals surface area contributed by atoms with Crippen LogP contribution in [-0.4, -0.2) is 22.7 Å². The zero-order valence-electron chi connectivity index (χ0n) is 12.7. The molecule has 0 aliphatic heterocycles. The normalized spacial score (nSPS) is 11.2. The van der Waals surface area contributed by atoms with E-state index >= 15 is 0 Å². The maximum Gasteiger partial charge on any atom is 0.267 e. The first-order chi connectivity index (χ1) is 11.1. The molecule has 0 aliphatic carbocycles. The van der Waals surface area contributed by atoms with Crippen molar-refractivity contribution in [2.75, 3.05) is 6.54 Å². The summed E-state index contributed by atoms with van der Waals surface area (Å²) < 4.78 is 0. The third kappa shape index (κ3) is 5.07. The van der Waals surface area contributed by atoms with E-state index < -0.39 is 0 Å². The molecular weight excluding hydrogens is 292 g/mol. The molecule has 5 nitrogen and oxygen atoms in total. The van der Waals surface area contributed by atoms with Gasteiger partial charge in [-0.3, -0.25) is 4.79 Å². The first-order valence-electron chi connectivity index (χ1n) is 7.37. The Bertz CT molecular complexity index is 697. The summed E-state index contributed by atoms with van der Waals surface area (Å²) in [6.45, 7) is 0.531. The number of hydrogen-bond donors (Lipinski definition) is 4. The molecule has 2 aromatic rings. The predicted molar refractivity (Wildman–Crippen MR) is 89.7 cm³/mol. The fourth-order valence-electron chi connectivity index (χ4n) is 2.12. The van der Waals surface area contributed by atoms with E-state index in [0.717, 1.165) is 12.8 Å². The van der Waals surface area contributed by atoms with E-state index in [1.165, 1.54) is 23.8 Å². The van der Waals surface area contributed by atoms with Gasteiger partial charge >= 0.3 is 0 Å². The van der Waals surface area contributed by atoms with Crippen molar-refractivity contribution in [1.82, 2.24) is 5.32 Å². The van der Waals surface area contributed by atoms with Crippen LogP contribution in [-0.2, 0) is 11.2 Å². The molecule has 0 aliphatic rings. The van der Waals surface area contributed by atoms with E-state index in [0.29, 0.717) is 12.1 Å². The molecule has 0 saturated carbocycles. The molecule has 0 spiro atoms. The molecular formula is C18H20N2O3. The van der Waals surface area contributed by atoms with Crippen LogP contribution in [0.1, 0.15) is 17.5 Å². The lowest BCUT2D eigenvalue weighted by molar-refractivity contribution is -0.117. The molecule has 0 aromatic heterocycles. The maximum atomic E-state index is 11.9. The highest BCUT2D eigenvalue weighted by Gasteiger charge is 2.06. The van der Waals surface area contributed by atoms with Gasteiger partial charge in [0.05, 0.1) is 5.70 Å². The van der Waals surface area contributed by atoms with Crippen molar-refractivity contribution in [1.29, 1.82) is 0 Å². The van der Waals surface area contributed by atoms with Gasteiger partial charge in [-0.15, -0.1) is 0 Å². The fourth-order valence-corrected chi connectivity index (χ4v) is 2.12. The van der Waals surface area contributed by atoms with Crippen LogP contribution < -0.4 is 11.1 Å². The van der Waals surface area contributed by atoms with Crippen molar-refractivity contribution in [2.24, 2.45) is 5.73 Å². The number of nitrogens with one attached hydrogen (secondary N) is 1. The number of benzene rings is 2. The minimum Gasteiger partial charge on any atom is -0.504 e. The van der Waals surface area contributed by atoms with Gasteiger partial charge in [-0.25, -0.2) is 0 Å². The maximum absolute atomic E-state index is 11.9. The van der Waals surface area contributed by atoms with Crippen LogP contribution in [0.15, 0.2) is 54.2 Å². The van der Waals surface area contributed by atoms with Gasteiger partial charge in [-0.1, -0.05) is 36.4 Å². The van der Waals surface area contributed by atoms with Gasteiger partial charge < -0.3 is 21.3 Å². The molecule has 0 saturated heterocycles. The first-order valence-corrected chi connectivity index (χ1v) is 7.37. The SMILES string of the molecule is N/C(=C\c1ccc(O)c(O)c1)C(=O)NCCCc1ccccc1. The number of rotatable bonds is 6. The predicted octanol–water partition coefficient (Wildman–Crippen LogP) is 2.15.